The van der Waals surface area contributed by atoms with Gasteiger partial charge in [0.05, 0.1) is 13.7 Å². The van der Waals surface area contributed by atoms with Gasteiger partial charge in [0.15, 0.2) is 0 Å². The van der Waals surface area contributed by atoms with Crippen molar-refractivity contribution in [3.8, 4) is 11.8 Å². The molecular formula is C12H13N3O4. The summed E-state index contributed by atoms with van der Waals surface area (Å²) in [5, 5.41) is 8.59. The van der Waals surface area contributed by atoms with Crippen molar-refractivity contribution in [1.29, 1.82) is 0 Å². The standard InChI is InChI=1S/C12H13N3O4/c1-18-9-2-3-10(13)8(6-9)7-15-5-4-14-11(15)19-12(16)17/h2-6H,7,13H2,1H3,(H,16,17). The molecular weight excluding hydrogens is 250 g/mol. The predicted molar refractivity (Wildman–Crippen MR) is 67.4 cm³/mol. The average Bonchev–Trinajstić information content (AvgIpc) is 2.78. The third-order valence-electron chi connectivity index (χ3n) is 2.55. The number of anilines is 1. The van der Waals surface area contributed by atoms with Gasteiger partial charge in [-0.15, -0.1) is 0 Å². The van der Waals surface area contributed by atoms with Crippen LogP contribution >= 0.6 is 0 Å². The van der Waals surface area contributed by atoms with Crippen LogP contribution in [0.3, 0.4) is 0 Å². The van der Waals surface area contributed by atoms with E-state index in [2.05, 4.69) is 9.72 Å². The largest absolute Gasteiger partial charge is 0.513 e. The summed E-state index contributed by atoms with van der Waals surface area (Å²) >= 11 is 0. The summed E-state index contributed by atoms with van der Waals surface area (Å²) < 4.78 is 11.2. The third-order valence-corrected chi connectivity index (χ3v) is 2.55. The number of aromatic nitrogens is 2. The summed E-state index contributed by atoms with van der Waals surface area (Å²) in [4.78, 5) is 14.3. The highest BCUT2D eigenvalue weighted by Crippen LogP contribution is 2.22. The number of rotatable bonds is 4. The number of hydrogen-bond donors (Lipinski definition) is 2. The lowest BCUT2D eigenvalue weighted by Gasteiger charge is -2.10. The van der Waals surface area contributed by atoms with Gasteiger partial charge < -0.3 is 20.3 Å². The molecule has 0 bridgehead atoms. The van der Waals surface area contributed by atoms with Crippen molar-refractivity contribution >= 4 is 11.8 Å². The Morgan fingerprint density at radius 1 is 1.53 bits per heavy atom. The molecule has 3 N–H and O–H groups in total. The zero-order chi connectivity index (χ0) is 13.8. The Balaban J connectivity index is 2.26. The molecule has 0 saturated carbocycles. The molecule has 0 aliphatic carbocycles. The summed E-state index contributed by atoms with van der Waals surface area (Å²) in [6, 6.07) is 5.25. The maximum absolute atomic E-state index is 10.5. The molecule has 2 rings (SSSR count). The Kier molecular flexibility index (Phi) is 3.56. The first-order valence-corrected chi connectivity index (χ1v) is 5.44. The van der Waals surface area contributed by atoms with Crippen LogP contribution in [0.15, 0.2) is 30.6 Å². The van der Waals surface area contributed by atoms with Crippen molar-refractivity contribution in [2.45, 2.75) is 6.54 Å². The second kappa shape index (κ2) is 5.30. The minimum absolute atomic E-state index is 0.00489. The second-order valence-electron chi connectivity index (χ2n) is 3.77. The van der Waals surface area contributed by atoms with E-state index in [1.165, 1.54) is 6.20 Å². The SMILES string of the molecule is COc1ccc(N)c(Cn2ccnc2OC(=O)O)c1. The molecule has 0 spiro atoms. The molecule has 1 heterocycles. The maximum atomic E-state index is 10.5. The molecule has 1 aromatic carbocycles. The first-order chi connectivity index (χ1) is 9.10. The Morgan fingerprint density at radius 2 is 2.32 bits per heavy atom. The lowest BCUT2D eigenvalue weighted by molar-refractivity contribution is 0.138. The third kappa shape index (κ3) is 2.95. The zero-order valence-corrected chi connectivity index (χ0v) is 10.2. The molecule has 0 radical (unpaired) electrons. The van der Waals surface area contributed by atoms with E-state index in [0.29, 0.717) is 18.0 Å². The van der Waals surface area contributed by atoms with Gasteiger partial charge in [-0.2, -0.15) is 0 Å². The van der Waals surface area contributed by atoms with Gasteiger partial charge in [-0.3, -0.25) is 4.57 Å². The highest BCUT2D eigenvalue weighted by molar-refractivity contribution is 5.59. The molecule has 7 nitrogen and oxygen atoms in total. The van der Waals surface area contributed by atoms with E-state index in [0.717, 1.165) is 5.56 Å². The Hall–Kier alpha value is -2.70. The van der Waals surface area contributed by atoms with Crippen LogP contribution in [-0.2, 0) is 6.54 Å². The fraction of sp³-hybridized carbons (Fsp3) is 0.167. The molecule has 0 unspecified atom stereocenters. The first-order valence-electron chi connectivity index (χ1n) is 5.44. The number of nitrogens with zero attached hydrogens (tertiary/aromatic N) is 2. The van der Waals surface area contributed by atoms with Gasteiger partial charge >= 0.3 is 12.2 Å². The van der Waals surface area contributed by atoms with E-state index in [9.17, 15) is 4.79 Å². The number of ether oxygens (including phenoxy) is 2. The molecule has 0 aliphatic heterocycles. The molecule has 19 heavy (non-hydrogen) atoms. The number of benzene rings is 1. The molecule has 100 valence electrons. The summed E-state index contributed by atoms with van der Waals surface area (Å²) in [6.45, 7) is 0.339. The Labute approximate surface area is 109 Å². The topological polar surface area (TPSA) is 99.6 Å². The molecule has 0 atom stereocenters. The lowest BCUT2D eigenvalue weighted by atomic mass is 10.1. The molecule has 0 amide bonds. The fourth-order valence-corrected chi connectivity index (χ4v) is 1.63. The first kappa shape index (κ1) is 12.7. The molecule has 2 aromatic rings. The van der Waals surface area contributed by atoms with Gasteiger partial charge in [-0.25, -0.2) is 9.78 Å². The van der Waals surface area contributed by atoms with E-state index in [1.807, 2.05) is 0 Å². The van der Waals surface area contributed by atoms with Crippen molar-refractivity contribution in [3.63, 3.8) is 0 Å². The highest BCUT2D eigenvalue weighted by atomic mass is 16.7. The summed E-state index contributed by atoms with van der Waals surface area (Å²) in [5.74, 6) is 0.671. The number of carboxylic acid groups (broad SMARTS) is 1. The normalized spacial score (nSPS) is 10.2. The number of carbonyl (C=O) groups is 1. The summed E-state index contributed by atoms with van der Waals surface area (Å²) in [6.07, 6.45) is 1.65. The van der Waals surface area contributed by atoms with Crippen LogP contribution in [0.25, 0.3) is 0 Å². The molecule has 0 aliphatic rings. The van der Waals surface area contributed by atoms with Crippen molar-refractivity contribution in [3.05, 3.63) is 36.2 Å². The molecule has 0 fully saturated rings. The van der Waals surface area contributed by atoms with E-state index in [-0.39, 0.29) is 6.01 Å². The van der Waals surface area contributed by atoms with E-state index < -0.39 is 6.16 Å². The zero-order valence-electron chi connectivity index (χ0n) is 10.2. The minimum atomic E-state index is -1.41. The summed E-state index contributed by atoms with van der Waals surface area (Å²) in [7, 11) is 1.56. The fourth-order valence-electron chi connectivity index (χ4n) is 1.63. The van der Waals surface area contributed by atoms with Crippen molar-refractivity contribution in [1.82, 2.24) is 9.55 Å². The predicted octanol–water partition coefficient (Wildman–Crippen LogP) is 1.58. The van der Waals surface area contributed by atoms with Crippen LogP contribution in [0.1, 0.15) is 5.56 Å². The number of nitrogens with two attached hydrogens (primary N) is 1. The number of nitrogen functional groups attached to an aromatic ring is 1. The summed E-state index contributed by atoms with van der Waals surface area (Å²) in [5.41, 5.74) is 7.23. The van der Waals surface area contributed by atoms with Gasteiger partial charge in [0.25, 0.3) is 0 Å². The second-order valence-corrected chi connectivity index (χ2v) is 3.77. The van der Waals surface area contributed by atoms with Gasteiger partial charge in [0.2, 0.25) is 0 Å². The monoisotopic (exact) mass is 263 g/mol. The number of methoxy groups -OCH3 is 1. The van der Waals surface area contributed by atoms with Crippen molar-refractivity contribution in [2.24, 2.45) is 0 Å². The van der Waals surface area contributed by atoms with Crippen LogP contribution in [0, 0.1) is 0 Å². The molecule has 7 heteroatoms. The van der Waals surface area contributed by atoms with Crippen molar-refractivity contribution in [2.75, 3.05) is 12.8 Å². The molecule has 1 aromatic heterocycles. The Morgan fingerprint density at radius 3 is 3.00 bits per heavy atom. The van der Waals surface area contributed by atoms with Crippen LogP contribution in [0.4, 0.5) is 10.5 Å². The van der Waals surface area contributed by atoms with Gasteiger partial charge in [0.1, 0.15) is 5.75 Å². The van der Waals surface area contributed by atoms with Crippen LogP contribution in [0.2, 0.25) is 0 Å². The van der Waals surface area contributed by atoms with Crippen LogP contribution < -0.4 is 15.2 Å². The van der Waals surface area contributed by atoms with Crippen LogP contribution in [0.5, 0.6) is 11.8 Å². The van der Waals surface area contributed by atoms with Crippen molar-refractivity contribution < 1.29 is 19.4 Å². The van der Waals surface area contributed by atoms with Gasteiger partial charge in [-0.05, 0) is 23.8 Å². The maximum Gasteiger partial charge on any atom is 0.513 e. The quantitative estimate of drug-likeness (QED) is 0.641. The average molecular weight is 263 g/mol. The number of imidazole rings is 1. The van der Waals surface area contributed by atoms with E-state index >= 15 is 0 Å². The van der Waals surface area contributed by atoms with Gasteiger partial charge in [0, 0.05) is 18.1 Å². The highest BCUT2D eigenvalue weighted by Gasteiger charge is 2.10. The minimum Gasteiger partial charge on any atom is -0.497 e. The van der Waals surface area contributed by atoms with E-state index in [4.69, 9.17) is 15.6 Å². The number of hydrogen-bond acceptors (Lipinski definition) is 5. The van der Waals surface area contributed by atoms with Gasteiger partial charge in [-0.1, -0.05) is 0 Å². The Bertz CT molecular complexity index is 594. The lowest BCUT2D eigenvalue weighted by Crippen LogP contribution is -2.10. The van der Waals surface area contributed by atoms with E-state index in [1.54, 1.807) is 36.1 Å². The molecule has 0 saturated heterocycles. The smallest absolute Gasteiger partial charge is 0.497 e. The van der Waals surface area contributed by atoms with Crippen LogP contribution in [-0.4, -0.2) is 27.9 Å².